The molecule has 3 nitrogen and oxygen atoms in total. The Morgan fingerprint density at radius 2 is 2.40 bits per heavy atom. The van der Waals surface area contributed by atoms with Gasteiger partial charge in [0.05, 0.1) is 6.61 Å². The van der Waals surface area contributed by atoms with Crippen molar-refractivity contribution in [1.82, 2.24) is 10.2 Å². The van der Waals surface area contributed by atoms with Gasteiger partial charge in [-0.1, -0.05) is 6.92 Å². The van der Waals surface area contributed by atoms with E-state index < -0.39 is 0 Å². The largest absolute Gasteiger partial charge is 0.381 e. The van der Waals surface area contributed by atoms with Crippen molar-refractivity contribution in [3.8, 4) is 0 Å². The van der Waals surface area contributed by atoms with Crippen molar-refractivity contribution in [3.63, 3.8) is 0 Å². The molecule has 2 aliphatic heterocycles. The molecule has 0 aromatic heterocycles. The number of likely N-dealkylation sites (tertiary alicyclic amines) is 1. The molecular formula is C12H24N2O. The summed E-state index contributed by atoms with van der Waals surface area (Å²) in [7, 11) is 2.05. The standard InChI is InChI=1S/C12H24N2O/c1-11-3-5-14(7-11)9-12(8-13-2)4-6-15-10-12/h11,13H,3-10H2,1-2H3. The fraction of sp³-hybridized carbons (Fsp3) is 1.00. The van der Waals surface area contributed by atoms with E-state index in [0.29, 0.717) is 5.41 Å². The fourth-order valence-electron chi connectivity index (χ4n) is 2.99. The van der Waals surface area contributed by atoms with E-state index >= 15 is 0 Å². The Kier molecular flexibility index (Phi) is 3.65. The maximum absolute atomic E-state index is 5.58. The number of nitrogens with zero attached hydrogens (tertiary/aromatic N) is 1. The van der Waals surface area contributed by atoms with Gasteiger partial charge in [0.15, 0.2) is 0 Å². The lowest BCUT2D eigenvalue weighted by Gasteiger charge is -2.32. The van der Waals surface area contributed by atoms with Gasteiger partial charge in [-0.3, -0.25) is 0 Å². The van der Waals surface area contributed by atoms with Gasteiger partial charge >= 0.3 is 0 Å². The molecule has 2 fully saturated rings. The molecule has 0 saturated carbocycles. The number of hydrogen-bond acceptors (Lipinski definition) is 3. The summed E-state index contributed by atoms with van der Waals surface area (Å²) in [6, 6.07) is 0. The van der Waals surface area contributed by atoms with Crippen LogP contribution in [0.25, 0.3) is 0 Å². The minimum absolute atomic E-state index is 0.388. The first kappa shape index (κ1) is 11.4. The molecule has 1 N–H and O–H groups in total. The monoisotopic (exact) mass is 212 g/mol. The summed E-state index contributed by atoms with van der Waals surface area (Å²) in [6.07, 6.45) is 2.59. The number of nitrogens with one attached hydrogen (secondary N) is 1. The second-order valence-electron chi connectivity index (χ2n) is 5.46. The Morgan fingerprint density at radius 3 is 2.93 bits per heavy atom. The van der Waals surface area contributed by atoms with Crippen LogP contribution in [-0.2, 0) is 4.74 Å². The molecule has 0 bridgehead atoms. The van der Waals surface area contributed by atoms with E-state index in [2.05, 4.69) is 17.1 Å². The van der Waals surface area contributed by atoms with E-state index in [9.17, 15) is 0 Å². The molecule has 0 spiro atoms. The van der Waals surface area contributed by atoms with Crippen LogP contribution in [0.15, 0.2) is 0 Å². The molecule has 2 saturated heterocycles. The summed E-state index contributed by atoms with van der Waals surface area (Å²) in [5.74, 6) is 0.888. The third kappa shape index (κ3) is 2.71. The summed E-state index contributed by atoms with van der Waals surface area (Å²) in [5.41, 5.74) is 0.388. The van der Waals surface area contributed by atoms with E-state index in [1.807, 2.05) is 7.05 Å². The minimum atomic E-state index is 0.388. The lowest BCUT2D eigenvalue weighted by atomic mass is 9.86. The third-order valence-electron chi connectivity index (χ3n) is 3.80. The molecule has 0 amide bonds. The van der Waals surface area contributed by atoms with Gasteiger partial charge in [-0.2, -0.15) is 0 Å². The van der Waals surface area contributed by atoms with E-state index in [1.165, 1.54) is 32.5 Å². The molecule has 2 atom stereocenters. The fourth-order valence-corrected chi connectivity index (χ4v) is 2.99. The first-order valence-electron chi connectivity index (χ1n) is 6.19. The van der Waals surface area contributed by atoms with Crippen molar-refractivity contribution in [1.29, 1.82) is 0 Å². The molecule has 2 heterocycles. The molecule has 0 aromatic carbocycles. The summed E-state index contributed by atoms with van der Waals surface area (Å²) < 4.78 is 5.58. The van der Waals surface area contributed by atoms with Gasteiger partial charge in [0.25, 0.3) is 0 Å². The lowest BCUT2D eigenvalue weighted by molar-refractivity contribution is 0.118. The summed E-state index contributed by atoms with van der Waals surface area (Å²) >= 11 is 0. The van der Waals surface area contributed by atoms with Gasteiger partial charge in [-0.25, -0.2) is 0 Å². The van der Waals surface area contributed by atoms with Crippen LogP contribution in [0, 0.1) is 11.3 Å². The van der Waals surface area contributed by atoms with E-state index in [0.717, 1.165) is 25.7 Å². The van der Waals surface area contributed by atoms with Crippen LogP contribution >= 0.6 is 0 Å². The van der Waals surface area contributed by atoms with Crippen molar-refractivity contribution in [3.05, 3.63) is 0 Å². The maximum Gasteiger partial charge on any atom is 0.0547 e. The van der Waals surface area contributed by atoms with Crippen LogP contribution in [0.1, 0.15) is 19.8 Å². The summed E-state index contributed by atoms with van der Waals surface area (Å²) in [6.45, 7) is 9.13. The predicted molar refractivity (Wildman–Crippen MR) is 62.0 cm³/mol. The zero-order valence-corrected chi connectivity index (χ0v) is 10.1. The zero-order valence-electron chi connectivity index (χ0n) is 10.1. The van der Waals surface area contributed by atoms with Crippen molar-refractivity contribution >= 4 is 0 Å². The molecule has 0 aliphatic carbocycles. The Morgan fingerprint density at radius 1 is 1.53 bits per heavy atom. The molecule has 2 aliphatic rings. The first-order chi connectivity index (χ1) is 7.24. The van der Waals surface area contributed by atoms with E-state index in [1.54, 1.807) is 0 Å². The van der Waals surface area contributed by atoms with Crippen LogP contribution in [0.2, 0.25) is 0 Å². The summed E-state index contributed by atoms with van der Waals surface area (Å²) in [5, 5.41) is 3.33. The lowest BCUT2D eigenvalue weighted by Crippen LogP contribution is -2.43. The molecule has 0 aromatic rings. The number of rotatable bonds is 4. The Hall–Kier alpha value is -0.120. The van der Waals surface area contributed by atoms with Crippen molar-refractivity contribution in [2.75, 3.05) is 46.4 Å². The SMILES string of the molecule is CNCC1(CN2CCC(C)C2)CCOC1. The van der Waals surface area contributed by atoms with Crippen LogP contribution in [-0.4, -0.2) is 51.3 Å². The van der Waals surface area contributed by atoms with Gasteiger partial charge in [0.1, 0.15) is 0 Å². The molecule has 88 valence electrons. The molecule has 2 unspecified atom stereocenters. The number of hydrogen-bond donors (Lipinski definition) is 1. The van der Waals surface area contributed by atoms with Crippen molar-refractivity contribution in [2.45, 2.75) is 19.8 Å². The molecular weight excluding hydrogens is 188 g/mol. The topological polar surface area (TPSA) is 24.5 Å². The normalized spacial score (nSPS) is 37.6. The second kappa shape index (κ2) is 4.81. The highest BCUT2D eigenvalue weighted by Crippen LogP contribution is 2.30. The van der Waals surface area contributed by atoms with Crippen LogP contribution in [0.3, 0.4) is 0 Å². The highest BCUT2D eigenvalue weighted by Gasteiger charge is 2.37. The zero-order chi connectivity index (χ0) is 10.7. The van der Waals surface area contributed by atoms with Crippen molar-refractivity contribution < 1.29 is 4.74 Å². The van der Waals surface area contributed by atoms with Crippen LogP contribution in [0.4, 0.5) is 0 Å². The molecule has 15 heavy (non-hydrogen) atoms. The first-order valence-corrected chi connectivity index (χ1v) is 6.19. The quantitative estimate of drug-likeness (QED) is 0.751. The predicted octanol–water partition coefficient (Wildman–Crippen LogP) is 0.954. The summed E-state index contributed by atoms with van der Waals surface area (Å²) in [4.78, 5) is 2.62. The highest BCUT2D eigenvalue weighted by atomic mass is 16.5. The van der Waals surface area contributed by atoms with E-state index in [-0.39, 0.29) is 0 Å². The van der Waals surface area contributed by atoms with Gasteiger partial charge in [-0.05, 0) is 32.4 Å². The highest BCUT2D eigenvalue weighted by molar-refractivity contribution is 4.89. The average Bonchev–Trinajstić information content (AvgIpc) is 2.78. The van der Waals surface area contributed by atoms with Crippen LogP contribution < -0.4 is 5.32 Å². The molecule has 0 radical (unpaired) electrons. The van der Waals surface area contributed by atoms with Crippen molar-refractivity contribution in [2.24, 2.45) is 11.3 Å². The Bertz CT molecular complexity index is 202. The van der Waals surface area contributed by atoms with Gasteiger partial charge in [0, 0.05) is 31.7 Å². The van der Waals surface area contributed by atoms with Gasteiger partial charge in [-0.15, -0.1) is 0 Å². The second-order valence-corrected chi connectivity index (χ2v) is 5.46. The minimum Gasteiger partial charge on any atom is -0.381 e. The Balaban J connectivity index is 1.89. The third-order valence-corrected chi connectivity index (χ3v) is 3.80. The maximum atomic E-state index is 5.58. The molecule has 3 heteroatoms. The Labute approximate surface area is 93.2 Å². The smallest absolute Gasteiger partial charge is 0.0547 e. The van der Waals surface area contributed by atoms with Crippen LogP contribution in [0.5, 0.6) is 0 Å². The average molecular weight is 212 g/mol. The van der Waals surface area contributed by atoms with Gasteiger partial charge in [0.2, 0.25) is 0 Å². The molecule has 2 rings (SSSR count). The number of ether oxygens (including phenoxy) is 1. The van der Waals surface area contributed by atoms with Gasteiger partial charge < -0.3 is 15.0 Å². The van der Waals surface area contributed by atoms with E-state index in [4.69, 9.17) is 4.74 Å².